The lowest BCUT2D eigenvalue weighted by Crippen LogP contribution is -2.56. The summed E-state index contributed by atoms with van der Waals surface area (Å²) in [7, 11) is 0. The Morgan fingerprint density at radius 2 is 1.35 bits per heavy atom. The molecule has 0 radical (unpaired) electrons. The summed E-state index contributed by atoms with van der Waals surface area (Å²) in [5.41, 5.74) is 8.52. The first kappa shape index (κ1) is 26.4. The summed E-state index contributed by atoms with van der Waals surface area (Å²) in [6.07, 6.45) is 2.49. The molecule has 0 saturated carbocycles. The molecule has 2 saturated heterocycles. The third-order valence-electron chi connectivity index (χ3n) is 7.75. The number of carbonyl (C=O) groups excluding carboxylic acids is 2. The molecular weight excluding hydrogens is 460 g/mol. The molecule has 0 aromatic heterocycles. The van der Waals surface area contributed by atoms with E-state index in [0.717, 1.165) is 44.6 Å². The fourth-order valence-corrected chi connectivity index (χ4v) is 5.87. The molecule has 0 aliphatic carbocycles. The second kappa shape index (κ2) is 11.6. The van der Waals surface area contributed by atoms with Gasteiger partial charge in [-0.25, -0.2) is 0 Å². The van der Waals surface area contributed by atoms with E-state index in [1.807, 2.05) is 30.3 Å². The zero-order chi connectivity index (χ0) is 25.0. The molecule has 1 spiro atoms. The number of anilines is 1. The van der Waals surface area contributed by atoms with E-state index in [0.29, 0.717) is 12.6 Å². The first-order valence-electron chi connectivity index (χ1n) is 12.8. The van der Waals surface area contributed by atoms with E-state index in [4.69, 9.17) is 5.73 Å². The molecule has 6 nitrogen and oxygen atoms in total. The molecule has 2 heterocycles. The summed E-state index contributed by atoms with van der Waals surface area (Å²) in [5.74, 6) is -0.113. The van der Waals surface area contributed by atoms with Crippen molar-refractivity contribution in [2.75, 3.05) is 37.7 Å². The summed E-state index contributed by atoms with van der Waals surface area (Å²) in [6, 6.07) is 31.5. The van der Waals surface area contributed by atoms with Gasteiger partial charge in [-0.1, -0.05) is 86.3 Å². The summed E-state index contributed by atoms with van der Waals surface area (Å²) in [6.45, 7) is 3.01. The second-order valence-corrected chi connectivity index (χ2v) is 9.91. The van der Waals surface area contributed by atoms with Crippen LogP contribution in [0.1, 0.15) is 43.7 Å². The lowest BCUT2D eigenvalue weighted by Gasteiger charge is -2.43. The molecule has 0 unspecified atom stereocenters. The predicted molar refractivity (Wildman–Crippen MR) is 149 cm³/mol. The molecule has 2 N–H and O–H groups in total. The highest BCUT2D eigenvalue weighted by molar-refractivity contribution is 5.96. The Balaban J connectivity index is 0.00000320. The highest BCUT2D eigenvalue weighted by Crippen LogP contribution is 2.39. The molecule has 0 atom stereocenters. The van der Waals surface area contributed by atoms with E-state index >= 15 is 0 Å². The van der Waals surface area contributed by atoms with Gasteiger partial charge in [-0.05, 0) is 49.1 Å². The van der Waals surface area contributed by atoms with Crippen LogP contribution in [0.3, 0.4) is 0 Å². The van der Waals surface area contributed by atoms with Gasteiger partial charge >= 0.3 is 0 Å². The fourth-order valence-electron chi connectivity index (χ4n) is 5.87. The van der Waals surface area contributed by atoms with Crippen LogP contribution in [-0.2, 0) is 9.59 Å². The zero-order valence-electron chi connectivity index (χ0n) is 20.6. The molecule has 2 fully saturated rings. The van der Waals surface area contributed by atoms with Crippen molar-refractivity contribution >= 4 is 17.5 Å². The van der Waals surface area contributed by atoms with Gasteiger partial charge in [0.05, 0.1) is 6.67 Å². The van der Waals surface area contributed by atoms with Crippen LogP contribution in [0.15, 0.2) is 91.0 Å². The van der Waals surface area contributed by atoms with Crippen LogP contribution < -0.4 is 10.6 Å². The predicted octanol–water partition coefficient (Wildman–Crippen LogP) is 4.47. The number of piperidine rings is 1. The normalized spacial score (nSPS) is 17.3. The number of rotatable bonds is 8. The third kappa shape index (κ3) is 5.54. The molecule has 2 amide bonds. The Morgan fingerprint density at radius 1 is 0.838 bits per heavy atom. The van der Waals surface area contributed by atoms with E-state index in [9.17, 15) is 9.59 Å². The lowest BCUT2D eigenvalue weighted by atomic mass is 9.84. The number of nitrogens with two attached hydrogens (primary N) is 1. The third-order valence-corrected chi connectivity index (χ3v) is 7.75. The molecule has 3 aromatic carbocycles. The highest BCUT2D eigenvalue weighted by Gasteiger charge is 2.53. The molecule has 6 heteroatoms. The summed E-state index contributed by atoms with van der Waals surface area (Å²) in [4.78, 5) is 31.5. The van der Waals surface area contributed by atoms with Gasteiger partial charge in [0.15, 0.2) is 0 Å². The number of amides is 2. The standard InChI is InChI=1S/C30H34N4O2.CH4/c31-28(35)22-33-23-34(26-14-8-3-9-15-26)30(29(33)36)17-20-32(21-18-30)19-16-27(24-10-4-1-5-11-24)25-12-6-2-7-13-25;/h1-15,27H,16-23H2,(H2,31,35);1H4. The number of likely N-dealkylation sites (tertiary alicyclic amines) is 1. The van der Waals surface area contributed by atoms with Gasteiger partial charge < -0.3 is 20.4 Å². The fraction of sp³-hybridized carbons (Fsp3) is 0.355. The van der Waals surface area contributed by atoms with Gasteiger partial charge in [0, 0.05) is 24.7 Å². The number of hydrogen-bond acceptors (Lipinski definition) is 4. The van der Waals surface area contributed by atoms with Crippen molar-refractivity contribution < 1.29 is 9.59 Å². The quantitative estimate of drug-likeness (QED) is 0.498. The van der Waals surface area contributed by atoms with E-state index in [-0.39, 0.29) is 19.9 Å². The average molecular weight is 499 g/mol. The number of nitrogens with zero attached hydrogens (tertiary/aromatic N) is 3. The highest BCUT2D eigenvalue weighted by atomic mass is 16.2. The van der Waals surface area contributed by atoms with Gasteiger partial charge in [-0.15, -0.1) is 0 Å². The largest absolute Gasteiger partial charge is 0.368 e. The van der Waals surface area contributed by atoms with E-state index in [2.05, 4.69) is 70.5 Å². The van der Waals surface area contributed by atoms with Gasteiger partial charge in [0.1, 0.15) is 12.1 Å². The van der Waals surface area contributed by atoms with Crippen LogP contribution in [0.5, 0.6) is 0 Å². The van der Waals surface area contributed by atoms with Crippen LogP contribution in [0, 0.1) is 0 Å². The Morgan fingerprint density at radius 3 is 1.86 bits per heavy atom. The number of carbonyl (C=O) groups is 2. The molecule has 5 rings (SSSR count). The van der Waals surface area contributed by atoms with Crippen LogP contribution in [0.4, 0.5) is 5.69 Å². The van der Waals surface area contributed by atoms with Gasteiger partial charge in [0.2, 0.25) is 11.8 Å². The maximum atomic E-state index is 13.6. The molecular formula is C31H38N4O2. The van der Waals surface area contributed by atoms with E-state index in [1.54, 1.807) is 4.90 Å². The zero-order valence-corrected chi connectivity index (χ0v) is 20.6. The van der Waals surface area contributed by atoms with Crippen LogP contribution in [0.2, 0.25) is 0 Å². The smallest absolute Gasteiger partial charge is 0.250 e. The minimum atomic E-state index is -0.619. The first-order chi connectivity index (χ1) is 17.6. The monoisotopic (exact) mass is 498 g/mol. The van der Waals surface area contributed by atoms with E-state index < -0.39 is 11.4 Å². The van der Waals surface area contributed by atoms with Crippen molar-refractivity contribution in [3.05, 3.63) is 102 Å². The Kier molecular flexibility index (Phi) is 8.29. The second-order valence-electron chi connectivity index (χ2n) is 9.91. The Hall–Kier alpha value is -3.64. The number of primary amides is 1. The summed E-state index contributed by atoms with van der Waals surface area (Å²) < 4.78 is 0. The minimum absolute atomic E-state index is 0. The molecule has 0 bridgehead atoms. The minimum Gasteiger partial charge on any atom is -0.368 e. The van der Waals surface area contributed by atoms with Crippen molar-refractivity contribution in [2.45, 2.75) is 38.1 Å². The molecule has 2 aliphatic heterocycles. The summed E-state index contributed by atoms with van der Waals surface area (Å²) in [5, 5.41) is 0. The van der Waals surface area contributed by atoms with Crippen molar-refractivity contribution in [2.24, 2.45) is 5.73 Å². The van der Waals surface area contributed by atoms with Crippen LogP contribution in [-0.4, -0.2) is 60.0 Å². The Bertz CT molecular complexity index is 1120. The van der Waals surface area contributed by atoms with Crippen molar-refractivity contribution in [1.82, 2.24) is 9.80 Å². The number of para-hydroxylation sites is 1. The SMILES string of the molecule is C.NC(=O)CN1CN(c2ccccc2)C2(CCN(CCC(c3ccccc3)c3ccccc3)CC2)C1=O. The van der Waals surface area contributed by atoms with Crippen molar-refractivity contribution in [3.63, 3.8) is 0 Å². The number of hydrogen-bond donors (Lipinski definition) is 1. The van der Waals surface area contributed by atoms with Gasteiger partial charge in [-0.2, -0.15) is 0 Å². The molecule has 3 aromatic rings. The van der Waals surface area contributed by atoms with Crippen LogP contribution >= 0.6 is 0 Å². The lowest BCUT2D eigenvalue weighted by molar-refractivity contribution is -0.136. The molecule has 37 heavy (non-hydrogen) atoms. The van der Waals surface area contributed by atoms with E-state index in [1.165, 1.54) is 11.1 Å². The van der Waals surface area contributed by atoms with Gasteiger partial charge in [-0.3, -0.25) is 9.59 Å². The van der Waals surface area contributed by atoms with Crippen molar-refractivity contribution in [3.8, 4) is 0 Å². The number of benzene rings is 3. The summed E-state index contributed by atoms with van der Waals surface area (Å²) >= 11 is 0. The van der Waals surface area contributed by atoms with Crippen molar-refractivity contribution in [1.29, 1.82) is 0 Å². The maximum Gasteiger partial charge on any atom is 0.250 e. The molecule has 194 valence electrons. The molecule has 2 aliphatic rings. The average Bonchev–Trinajstić information content (AvgIpc) is 3.17. The maximum absolute atomic E-state index is 13.6. The topological polar surface area (TPSA) is 69.9 Å². The van der Waals surface area contributed by atoms with Gasteiger partial charge in [0.25, 0.3) is 0 Å². The first-order valence-corrected chi connectivity index (χ1v) is 12.8. The Labute approximate surface area is 220 Å². The van der Waals surface area contributed by atoms with Crippen LogP contribution in [0.25, 0.3) is 0 Å².